The molecule has 0 radical (unpaired) electrons. The molecule has 7 aliphatic rings. The number of allylic oxidation sites excluding steroid dienone is 2. The van der Waals surface area contributed by atoms with Crippen molar-refractivity contribution in [2.75, 3.05) is 6.61 Å². The Morgan fingerprint density at radius 3 is 2.09 bits per heavy atom. The molecule has 6 fully saturated rings. The summed E-state index contributed by atoms with van der Waals surface area (Å²) < 4.78 is 23.4. The van der Waals surface area contributed by atoms with Crippen molar-refractivity contribution >= 4 is 11.9 Å². The number of carboxylic acids is 2. The SMILES string of the molecule is CC1(C)CCC2(C(=O)O)C(O)CC3(C)C(=CCC4C5(C)CCC(OC6OC(C(=O)O)C(O)C(O)C6OC6OC(CO)C(O)C(O)C6O)C(C)(O)C5CCC43C)C2C1. The van der Waals surface area contributed by atoms with Gasteiger partial charge in [-0.2, -0.15) is 0 Å². The van der Waals surface area contributed by atoms with Crippen LogP contribution in [0.2, 0.25) is 0 Å². The van der Waals surface area contributed by atoms with E-state index in [0.29, 0.717) is 44.9 Å². The van der Waals surface area contributed by atoms with E-state index >= 15 is 0 Å². The van der Waals surface area contributed by atoms with E-state index in [9.17, 15) is 60.7 Å². The van der Waals surface area contributed by atoms with Crippen LogP contribution in [0.25, 0.3) is 0 Å². The fraction of sp³-hybridized carbons (Fsp3) is 0.902. The predicted molar refractivity (Wildman–Crippen MR) is 197 cm³/mol. The highest BCUT2D eigenvalue weighted by molar-refractivity contribution is 5.77. The number of hydrogen-bond donors (Lipinski definition) is 10. The summed E-state index contributed by atoms with van der Waals surface area (Å²) in [6.07, 6.45) is -12.9. The van der Waals surface area contributed by atoms with Gasteiger partial charge in [-0.25, -0.2) is 4.79 Å². The predicted octanol–water partition coefficient (Wildman–Crippen LogP) is 0.670. The monoisotopic (exact) mass is 812 g/mol. The summed E-state index contributed by atoms with van der Waals surface area (Å²) in [6.45, 7) is 11.9. The lowest BCUT2D eigenvalue weighted by Gasteiger charge is -2.71. The van der Waals surface area contributed by atoms with Gasteiger partial charge in [-0.1, -0.05) is 46.3 Å². The Hall–Kier alpha value is -1.80. The molecule has 0 bridgehead atoms. The zero-order chi connectivity index (χ0) is 42.0. The minimum Gasteiger partial charge on any atom is -0.481 e. The van der Waals surface area contributed by atoms with E-state index in [4.69, 9.17) is 18.9 Å². The number of aliphatic hydroxyl groups excluding tert-OH is 7. The molecule has 5 aliphatic carbocycles. The highest BCUT2D eigenvalue weighted by Gasteiger charge is 2.72. The number of carboxylic acid groups (broad SMARTS) is 2. The van der Waals surface area contributed by atoms with Crippen molar-refractivity contribution in [3.8, 4) is 0 Å². The second-order valence-corrected chi connectivity index (χ2v) is 20.2. The molecule has 2 heterocycles. The largest absolute Gasteiger partial charge is 0.481 e. The zero-order valence-electron chi connectivity index (χ0n) is 33.7. The summed E-state index contributed by atoms with van der Waals surface area (Å²) in [7, 11) is 0. The Labute approximate surface area is 332 Å². The van der Waals surface area contributed by atoms with Crippen LogP contribution in [-0.4, -0.2) is 149 Å². The third-order valence-electron chi connectivity index (χ3n) is 16.9. The number of ether oxygens (including phenoxy) is 4. The molecule has 4 saturated carbocycles. The zero-order valence-corrected chi connectivity index (χ0v) is 33.7. The van der Waals surface area contributed by atoms with Gasteiger partial charge in [-0.3, -0.25) is 4.79 Å². The number of aliphatic hydroxyl groups is 8. The second-order valence-electron chi connectivity index (χ2n) is 20.2. The average Bonchev–Trinajstić information content (AvgIpc) is 3.12. The molecule has 10 N–H and O–H groups in total. The maximum Gasteiger partial charge on any atom is 0.335 e. The number of fused-ring (bicyclic) bond motifs is 7. The molecule has 0 amide bonds. The summed E-state index contributed by atoms with van der Waals surface area (Å²) >= 11 is 0. The van der Waals surface area contributed by atoms with Gasteiger partial charge in [0.2, 0.25) is 0 Å². The van der Waals surface area contributed by atoms with Gasteiger partial charge in [0.25, 0.3) is 0 Å². The van der Waals surface area contributed by atoms with Crippen molar-refractivity contribution in [2.24, 2.45) is 44.8 Å². The fourth-order valence-electron chi connectivity index (χ4n) is 13.4. The van der Waals surface area contributed by atoms with Crippen molar-refractivity contribution in [1.82, 2.24) is 0 Å². The van der Waals surface area contributed by atoms with Crippen molar-refractivity contribution in [3.63, 3.8) is 0 Å². The Balaban J connectivity index is 1.17. The second kappa shape index (κ2) is 14.4. The van der Waals surface area contributed by atoms with E-state index < -0.39 is 114 Å². The third kappa shape index (κ3) is 6.29. The minimum absolute atomic E-state index is 0.0348. The maximum absolute atomic E-state index is 13.1. The van der Waals surface area contributed by atoms with Gasteiger partial charge in [-0.15, -0.1) is 0 Å². The number of aliphatic carboxylic acids is 2. The molecule has 20 unspecified atom stereocenters. The average molecular weight is 813 g/mol. The van der Waals surface area contributed by atoms with E-state index in [1.165, 1.54) is 0 Å². The topological polar surface area (TPSA) is 273 Å². The number of carbonyl (C=O) groups is 2. The maximum atomic E-state index is 13.1. The Morgan fingerprint density at radius 1 is 0.772 bits per heavy atom. The van der Waals surface area contributed by atoms with Gasteiger partial charge in [0.05, 0.1) is 24.4 Å². The first-order valence-electron chi connectivity index (χ1n) is 20.6. The number of rotatable bonds is 7. The van der Waals surface area contributed by atoms with Crippen LogP contribution in [0, 0.1) is 44.8 Å². The van der Waals surface area contributed by atoms with Crippen LogP contribution in [0.5, 0.6) is 0 Å². The summed E-state index contributed by atoms with van der Waals surface area (Å²) in [6, 6.07) is 0. The molecular formula is C41H64O16. The van der Waals surface area contributed by atoms with E-state index in [0.717, 1.165) is 12.0 Å². The van der Waals surface area contributed by atoms with Crippen molar-refractivity contribution in [1.29, 1.82) is 0 Å². The smallest absolute Gasteiger partial charge is 0.335 e. The summed E-state index contributed by atoms with van der Waals surface area (Å²) in [4.78, 5) is 25.2. The van der Waals surface area contributed by atoms with E-state index in [2.05, 4.69) is 40.7 Å². The highest BCUT2D eigenvalue weighted by atomic mass is 16.8. The lowest BCUT2D eigenvalue weighted by molar-refractivity contribution is -0.377. The van der Waals surface area contributed by atoms with E-state index in [1.807, 2.05) is 0 Å². The molecule has 324 valence electrons. The first kappa shape index (κ1) is 43.3. The Kier molecular flexibility index (Phi) is 10.9. The third-order valence-corrected chi connectivity index (χ3v) is 16.9. The van der Waals surface area contributed by atoms with Crippen LogP contribution < -0.4 is 0 Å². The van der Waals surface area contributed by atoms with Gasteiger partial charge < -0.3 is 70.0 Å². The first-order valence-corrected chi connectivity index (χ1v) is 20.6. The molecule has 0 aromatic rings. The lowest BCUT2D eigenvalue weighted by atomic mass is 9.34. The first-order chi connectivity index (χ1) is 26.4. The molecule has 0 aromatic carbocycles. The molecule has 7 rings (SSSR count). The lowest BCUT2D eigenvalue weighted by Crippen LogP contribution is -2.70. The van der Waals surface area contributed by atoms with Gasteiger partial charge in [0.15, 0.2) is 18.7 Å². The van der Waals surface area contributed by atoms with Gasteiger partial charge in [0, 0.05) is 0 Å². The highest BCUT2D eigenvalue weighted by Crippen LogP contribution is 2.75. The Bertz CT molecular complexity index is 1600. The Morgan fingerprint density at radius 2 is 1.46 bits per heavy atom. The van der Waals surface area contributed by atoms with Crippen LogP contribution in [0.4, 0.5) is 0 Å². The normalized spacial score (nSPS) is 54.6. The molecule has 0 aromatic heterocycles. The van der Waals surface area contributed by atoms with Crippen LogP contribution in [0.15, 0.2) is 11.6 Å². The number of hydrogen-bond acceptors (Lipinski definition) is 14. The van der Waals surface area contributed by atoms with Crippen LogP contribution in [0.1, 0.15) is 99.3 Å². The van der Waals surface area contributed by atoms with Crippen molar-refractivity contribution in [3.05, 3.63) is 11.6 Å². The molecule has 0 spiro atoms. The summed E-state index contributed by atoms with van der Waals surface area (Å²) in [5.41, 5.74) is -3.05. The minimum atomic E-state index is -2.02. The molecule has 2 saturated heterocycles. The van der Waals surface area contributed by atoms with Gasteiger partial charge >= 0.3 is 11.9 Å². The van der Waals surface area contributed by atoms with Gasteiger partial charge in [0.1, 0.15) is 48.1 Å². The summed E-state index contributed by atoms with van der Waals surface area (Å²) in [5, 5.41) is 108. The van der Waals surface area contributed by atoms with Crippen molar-refractivity contribution in [2.45, 2.75) is 179 Å². The van der Waals surface area contributed by atoms with Crippen LogP contribution in [0.3, 0.4) is 0 Å². The van der Waals surface area contributed by atoms with E-state index in [1.54, 1.807) is 6.92 Å². The summed E-state index contributed by atoms with van der Waals surface area (Å²) in [5.74, 6) is -3.15. The molecule has 16 nitrogen and oxygen atoms in total. The van der Waals surface area contributed by atoms with Crippen LogP contribution in [-0.2, 0) is 28.5 Å². The molecule has 57 heavy (non-hydrogen) atoms. The van der Waals surface area contributed by atoms with E-state index in [-0.39, 0.29) is 35.0 Å². The molecular weight excluding hydrogens is 748 g/mol. The fourth-order valence-corrected chi connectivity index (χ4v) is 13.4. The van der Waals surface area contributed by atoms with Crippen LogP contribution >= 0.6 is 0 Å². The standard InChI is InChI=1S/C41H64O16/c1-36(2)13-14-41(35(51)52)19(15-36)18-7-8-21-37(3)11-10-24(40(6,53)22(37)9-12-38(21,4)39(18,5)16-23(41)43)55-34-31(28(47)27(46)30(56-34)32(49)50)57-33-29(48)26(45)25(44)20(17-42)54-33/h7,19-31,33-34,42-48,53H,8-17H2,1-6H3,(H,49,50)(H,51,52). The molecule has 20 atom stereocenters. The quantitative estimate of drug-likeness (QED) is 0.125. The van der Waals surface area contributed by atoms with Crippen molar-refractivity contribution < 1.29 is 79.6 Å². The molecule has 16 heteroatoms. The molecule has 2 aliphatic heterocycles. The van der Waals surface area contributed by atoms with Gasteiger partial charge in [-0.05, 0) is 104 Å².